The molecule has 0 aliphatic rings. The van der Waals surface area contributed by atoms with Crippen LogP contribution in [0.15, 0.2) is 0 Å². The quantitative estimate of drug-likeness (QED) is 0.429. The molecule has 0 aromatic carbocycles. The predicted octanol–water partition coefficient (Wildman–Crippen LogP) is 3.88. The summed E-state index contributed by atoms with van der Waals surface area (Å²) in [5, 5.41) is 0. The van der Waals surface area contributed by atoms with Crippen LogP contribution in [0.5, 0.6) is 0 Å². The number of hydrogen-bond acceptors (Lipinski definition) is 0. The van der Waals surface area contributed by atoms with E-state index in [1.54, 1.807) is 0 Å². The van der Waals surface area contributed by atoms with Crippen LogP contribution in [0.4, 0.5) is 16.8 Å². The van der Waals surface area contributed by atoms with Gasteiger partial charge in [-0.1, -0.05) is 0 Å². The summed E-state index contributed by atoms with van der Waals surface area (Å²) in [6.07, 6.45) is -0.169. The van der Waals surface area contributed by atoms with E-state index in [1.807, 2.05) is 0 Å². The maximum atomic E-state index is 11.6. The van der Waals surface area contributed by atoms with E-state index in [0.29, 0.717) is 0 Å². The molecule has 0 aromatic rings. The van der Waals surface area contributed by atoms with E-state index in [0.717, 1.165) is 6.92 Å². The maximum absolute atomic E-state index is 11.6. The fraction of sp³-hybridized carbons (Fsp3) is 1.00. The number of hydrogen-bond donors (Lipinski definition) is 0. The van der Waals surface area contributed by atoms with Crippen molar-refractivity contribution in [3.63, 3.8) is 0 Å². The first-order chi connectivity index (χ1) is 3.74. The SMILES string of the molecule is CCC(C)P(F)(F)(F)F. The van der Waals surface area contributed by atoms with Crippen LogP contribution in [0.2, 0.25) is 0 Å². The van der Waals surface area contributed by atoms with E-state index >= 15 is 0 Å². The van der Waals surface area contributed by atoms with Gasteiger partial charge in [-0.05, 0) is 0 Å². The zero-order valence-corrected chi connectivity index (χ0v) is 6.14. The third-order valence-electron chi connectivity index (χ3n) is 1.26. The zero-order chi connectivity index (χ0) is 7.73. The molecule has 1 unspecified atom stereocenters. The predicted molar refractivity (Wildman–Crippen MR) is 31.1 cm³/mol. The van der Waals surface area contributed by atoms with Gasteiger partial charge in [-0.15, -0.1) is 0 Å². The van der Waals surface area contributed by atoms with Gasteiger partial charge in [-0.3, -0.25) is 0 Å². The molecule has 1 atom stereocenters. The molecule has 0 rings (SSSR count). The van der Waals surface area contributed by atoms with Crippen LogP contribution in [-0.2, 0) is 0 Å². The second kappa shape index (κ2) is 2.08. The molecule has 0 bridgehead atoms. The Morgan fingerprint density at radius 3 is 1.56 bits per heavy atom. The van der Waals surface area contributed by atoms with Crippen LogP contribution in [0.3, 0.4) is 0 Å². The molecular weight excluding hydrogens is 155 g/mol. The summed E-state index contributed by atoms with van der Waals surface area (Å²) >= 11 is 0. The molecular formula is C4H9F4P. The van der Waals surface area contributed by atoms with Gasteiger partial charge in [0.15, 0.2) is 0 Å². The topological polar surface area (TPSA) is 0 Å². The Morgan fingerprint density at radius 2 is 1.56 bits per heavy atom. The van der Waals surface area contributed by atoms with Crippen LogP contribution >= 0.6 is 7.85 Å². The Labute approximate surface area is 51.7 Å². The van der Waals surface area contributed by atoms with E-state index in [9.17, 15) is 16.8 Å². The summed E-state index contributed by atoms with van der Waals surface area (Å²) in [5.74, 6) is 0. The van der Waals surface area contributed by atoms with Gasteiger partial charge in [0.25, 0.3) is 0 Å². The second-order valence-electron chi connectivity index (χ2n) is 2.03. The Balaban J connectivity index is 4.16. The van der Waals surface area contributed by atoms with Gasteiger partial charge in [0.1, 0.15) is 0 Å². The molecule has 0 spiro atoms. The van der Waals surface area contributed by atoms with Crippen molar-refractivity contribution in [3.8, 4) is 0 Å². The van der Waals surface area contributed by atoms with Crippen LogP contribution in [0.25, 0.3) is 0 Å². The van der Waals surface area contributed by atoms with Crippen LogP contribution < -0.4 is 0 Å². The van der Waals surface area contributed by atoms with E-state index in [2.05, 4.69) is 0 Å². The van der Waals surface area contributed by atoms with Gasteiger partial charge in [-0.2, -0.15) is 0 Å². The van der Waals surface area contributed by atoms with Gasteiger partial charge in [0.05, 0.1) is 0 Å². The van der Waals surface area contributed by atoms with Crippen molar-refractivity contribution >= 4 is 7.85 Å². The second-order valence-corrected chi connectivity index (χ2v) is 4.46. The minimum absolute atomic E-state index is 0.169. The average molecular weight is 164 g/mol. The molecule has 58 valence electrons. The van der Waals surface area contributed by atoms with Crippen LogP contribution in [-0.4, -0.2) is 5.66 Å². The molecule has 0 aromatic heterocycles. The van der Waals surface area contributed by atoms with E-state index in [4.69, 9.17) is 0 Å². The molecule has 0 nitrogen and oxygen atoms in total. The van der Waals surface area contributed by atoms with Crippen molar-refractivity contribution in [2.24, 2.45) is 0 Å². The van der Waals surface area contributed by atoms with Crippen molar-refractivity contribution in [2.45, 2.75) is 25.9 Å². The Morgan fingerprint density at radius 1 is 1.22 bits per heavy atom. The molecule has 9 heavy (non-hydrogen) atoms. The molecule has 5 heteroatoms. The summed E-state index contributed by atoms with van der Waals surface area (Å²) in [7, 11) is -7.21. The number of halogens is 4. The van der Waals surface area contributed by atoms with Gasteiger partial charge >= 0.3 is 50.6 Å². The van der Waals surface area contributed by atoms with Crippen molar-refractivity contribution in [1.29, 1.82) is 0 Å². The summed E-state index contributed by atoms with van der Waals surface area (Å²) in [4.78, 5) is 0. The molecule has 0 amide bonds. The van der Waals surface area contributed by atoms with E-state index in [-0.39, 0.29) is 6.42 Å². The third-order valence-corrected chi connectivity index (χ3v) is 2.96. The normalized spacial score (nSPS) is 20.4. The first-order valence-electron chi connectivity index (χ1n) is 2.63. The fourth-order valence-electron chi connectivity index (χ4n) is 0.276. The zero-order valence-electron chi connectivity index (χ0n) is 5.24. The minimum atomic E-state index is -7.21. The molecule has 0 fully saturated rings. The Kier molecular flexibility index (Phi) is 2.12. The van der Waals surface area contributed by atoms with Crippen molar-refractivity contribution < 1.29 is 16.8 Å². The van der Waals surface area contributed by atoms with Gasteiger partial charge in [-0.25, -0.2) is 0 Å². The molecule has 0 saturated carbocycles. The third kappa shape index (κ3) is 2.99. The van der Waals surface area contributed by atoms with Gasteiger partial charge in [0, 0.05) is 0 Å². The molecule has 0 aliphatic heterocycles. The summed E-state index contributed by atoms with van der Waals surface area (Å²) in [5.41, 5.74) is -1.74. The molecule has 0 saturated heterocycles. The molecule has 0 aliphatic carbocycles. The summed E-state index contributed by atoms with van der Waals surface area (Å²) < 4.78 is 46.4. The average Bonchev–Trinajstić information content (AvgIpc) is 1.60. The Bertz CT molecular complexity index is 95.6. The van der Waals surface area contributed by atoms with Crippen LogP contribution in [0, 0.1) is 0 Å². The number of rotatable bonds is 2. The van der Waals surface area contributed by atoms with Crippen molar-refractivity contribution in [3.05, 3.63) is 0 Å². The summed E-state index contributed by atoms with van der Waals surface area (Å²) in [6.45, 7) is 2.20. The summed E-state index contributed by atoms with van der Waals surface area (Å²) in [6, 6.07) is 0. The van der Waals surface area contributed by atoms with Crippen molar-refractivity contribution in [2.75, 3.05) is 0 Å². The van der Waals surface area contributed by atoms with Crippen molar-refractivity contribution in [1.82, 2.24) is 0 Å². The van der Waals surface area contributed by atoms with E-state index < -0.39 is 13.5 Å². The van der Waals surface area contributed by atoms with Crippen LogP contribution in [0.1, 0.15) is 20.3 Å². The first kappa shape index (κ1) is 9.15. The first-order valence-corrected chi connectivity index (χ1v) is 4.50. The Hall–Kier alpha value is 0.150. The monoisotopic (exact) mass is 164 g/mol. The molecule has 0 N–H and O–H groups in total. The van der Waals surface area contributed by atoms with Gasteiger partial charge < -0.3 is 0 Å². The standard InChI is InChI=1S/C4H9F4P/c1-3-4(2)9(5,6,7)8/h4H,3H2,1-2H3. The molecule has 0 heterocycles. The molecule has 0 radical (unpaired) electrons. The van der Waals surface area contributed by atoms with Gasteiger partial charge in [0.2, 0.25) is 0 Å². The fourth-order valence-corrected chi connectivity index (χ4v) is 0.828. The van der Waals surface area contributed by atoms with E-state index in [1.165, 1.54) is 6.92 Å².